The summed E-state index contributed by atoms with van der Waals surface area (Å²) in [7, 11) is 1.32. The van der Waals surface area contributed by atoms with Crippen molar-refractivity contribution in [1.82, 2.24) is 0 Å². The van der Waals surface area contributed by atoms with Gasteiger partial charge in [-0.3, -0.25) is 9.59 Å². The number of carbonyl (C=O) groups excluding carboxylic acids is 2. The van der Waals surface area contributed by atoms with E-state index in [0.29, 0.717) is 12.0 Å². The molecule has 3 nitrogen and oxygen atoms in total. The highest BCUT2D eigenvalue weighted by Gasteiger charge is 2.21. The summed E-state index contributed by atoms with van der Waals surface area (Å²) < 4.78 is 4.66. The molecule has 0 aliphatic rings. The molecular formula is C14H16O3. The second-order valence-corrected chi connectivity index (χ2v) is 3.74. The molecule has 17 heavy (non-hydrogen) atoms. The normalized spacial score (nSPS) is 11.6. The minimum absolute atomic E-state index is 0.0529. The number of benzene rings is 1. The summed E-state index contributed by atoms with van der Waals surface area (Å²) in [6.07, 6.45) is 2.23. The molecule has 0 saturated carbocycles. The van der Waals surface area contributed by atoms with E-state index in [1.807, 2.05) is 6.07 Å². The molecule has 0 aromatic heterocycles. The lowest BCUT2D eigenvalue weighted by Gasteiger charge is -2.11. The average molecular weight is 232 g/mol. The smallest absolute Gasteiger partial charge is 0.309 e. The fraction of sp³-hybridized carbons (Fsp3) is 0.286. The summed E-state index contributed by atoms with van der Waals surface area (Å²) in [5, 5.41) is 0. The van der Waals surface area contributed by atoms with Crippen molar-refractivity contribution in [3.05, 3.63) is 48.6 Å². The lowest BCUT2D eigenvalue weighted by atomic mass is 9.95. The Morgan fingerprint density at radius 2 is 2.00 bits per heavy atom. The fourth-order valence-corrected chi connectivity index (χ4v) is 1.60. The Labute approximate surface area is 101 Å². The number of ketones is 1. The zero-order valence-corrected chi connectivity index (χ0v) is 9.89. The van der Waals surface area contributed by atoms with Crippen LogP contribution in [0.25, 0.3) is 0 Å². The van der Waals surface area contributed by atoms with Crippen LogP contribution in [0.3, 0.4) is 0 Å². The minimum atomic E-state index is -0.440. The number of esters is 1. The number of ether oxygens (including phenoxy) is 1. The molecule has 0 amide bonds. The van der Waals surface area contributed by atoms with Crippen LogP contribution in [0.5, 0.6) is 0 Å². The Hall–Kier alpha value is -1.90. The molecule has 0 fully saturated rings. The maximum absolute atomic E-state index is 11.9. The summed E-state index contributed by atoms with van der Waals surface area (Å²) in [5.41, 5.74) is 0.616. The van der Waals surface area contributed by atoms with Crippen LogP contribution >= 0.6 is 0 Å². The van der Waals surface area contributed by atoms with E-state index in [4.69, 9.17) is 0 Å². The fourth-order valence-electron chi connectivity index (χ4n) is 1.60. The van der Waals surface area contributed by atoms with Crippen molar-refractivity contribution >= 4 is 11.8 Å². The van der Waals surface area contributed by atoms with Gasteiger partial charge in [0.15, 0.2) is 5.78 Å². The van der Waals surface area contributed by atoms with Crippen LogP contribution in [-0.4, -0.2) is 18.9 Å². The molecule has 0 spiro atoms. The van der Waals surface area contributed by atoms with E-state index in [1.54, 1.807) is 30.3 Å². The molecule has 0 heterocycles. The molecule has 1 aromatic rings. The van der Waals surface area contributed by atoms with Gasteiger partial charge in [0.2, 0.25) is 0 Å². The van der Waals surface area contributed by atoms with Gasteiger partial charge in [-0.1, -0.05) is 36.4 Å². The Balaban J connectivity index is 2.71. The summed E-state index contributed by atoms with van der Waals surface area (Å²) in [6.45, 7) is 3.58. The van der Waals surface area contributed by atoms with E-state index >= 15 is 0 Å². The monoisotopic (exact) mass is 232 g/mol. The first kappa shape index (κ1) is 13.2. The van der Waals surface area contributed by atoms with Gasteiger partial charge < -0.3 is 4.74 Å². The minimum Gasteiger partial charge on any atom is -0.469 e. The quantitative estimate of drug-likeness (QED) is 0.430. The van der Waals surface area contributed by atoms with Crippen LogP contribution in [0.15, 0.2) is 43.0 Å². The Morgan fingerprint density at radius 1 is 1.35 bits per heavy atom. The van der Waals surface area contributed by atoms with Crippen molar-refractivity contribution in [2.75, 3.05) is 7.11 Å². The highest BCUT2D eigenvalue weighted by molar-refractivity contribution is 5.98. The van der Waals surface area contributed by atoms with Crippen LogP contribution in [0, 0.1) is 5.92 Å². The zero-order chi connectivity index (χ0) is 12.7. The molecule has 1 rings (SSSR count). The van der Waals surface area contributed by atoms with E-state index in [-0.39, 0.29) is 18.2 Å². The number of rotatable bonds is 6. The Kier molecular flexibility index (Phi) is 5.14. The number of Topliss-reactive ketones (excluding diaryl/α,β-unsaturated/α-hetero) is 1. The van der Waals surface area contributed by atoms with Crippen LogP contribution < -0.4 is 0 Å². The predicted octanol–water partition coefficient (Wildman–Crippen LogP) is 2.62. The summed E-state index contributed by atoms with van der Waals surface area (Å²) in [6, 6.07) is 8.93. The molecule has 0 N–H and O–H groups in total. The molecule has 0 aliphatic heterocycles. The van der Waals surface area contributed by atoms with Gasteiger partial charge in [-0.15, -0.1) is 6.58 Å². The highest BCUT2D eigenvalue weighted by Crippen LogP contribution is 2.15. The molecule has 90 valence electrons. The van der Waals surface area contributed by atoms with E-state index in [1.165, 1.54) is 7.11 Å². The molecule has 1 unspecified atom stereocenters. The predicted molar refractivity (Wildman–Crippen MR) is 65.7 cm³/mol. The molecular weight excluding hydrogens is 216 g/mol. The van der Waals surface area contributed by atoms with Crippen LogP contribution in [0.4, 0.5) is 0 Å². The molecule has 0 bridgehead atoms. The third-order valence-corrected chi connectivity index (χ3v) is 2.51. The standard InChI is InChI=1S/C14H16O3/c1-3-7-12(14(16)17-2)10-13(15)11-8-5-4-6-9-11/h3-6,8-9,12H,1,7,10H2,2H3. The number of hydrogen-bond acceptors (Lipinski definition) is 3. The lowest BCUT2D eigenvalue weighted by Crippen LogP contribution is -2.19. The van der Waals surface area contributed by atoms with E-state index in [0.717, 1.165) is 0 Å². The van der Waals surface area contributed by atoms with Gasteiger partial charge >= 0.3 is 5.97 Å². The van der Waals surface area contributed by atoms with Gasteiger partial charge in [0.1, 0.15) is 0 Å². The van der Waals surface area contributed by atoms with Crippen molar-refractivity contribution in [2.24, 2.45) is 5.92 Å². The second kappa shape index (κ2) is 6.63. The number of allylic oxidation sites excluding steroid dienone is 1. The largest absolute Gasteiger partial charge is 0.469 e. The van der Waals surface area contributed by atoms with Crippen molar-refractivity contribution in [3.8, 4) is 0 Å². The topological polar surface area (TPSA) is 43.4 Å². The van der Waals surface area contributed by atoms with Crippen LogP contribution in [-0.2, 0) is 9.53 Å². The third-order valence-electron chi connectivity index (χ3n) is 2.51. The Morgan fingerprint density at radius 3 is 2.53 bits per heavy atom. The third kappa shape index (κ3) is 3.87. The van der Waals surface area contributed by atoms with E-state index in [2.05, 4.69) is 11.3 Å². The maximum atomic E-state index is 11.9. The van der Waals surface area contributed by atoms with Gasteiger partial charge in [0, 0.05) is 12.0 Å². The van der Waals surface area contributed by atoms with Gasteiger partial charge in [-0.05, 0) is 6.42 Å². The van der Waals surface area contributed by atoms with Crippen molar-refractivity contribution in [2.45, 2.75) is 12.8 Å². The Bertz CT molecular complexity index is 395. The van der Waals surface area contributed by atoms with Gasteiger partial charge in [0.25, 0.3) is 0 Å². The highest BCUT2D eigenvalue weighted by atomic mass is 16.5. The van der Waals surface area contributed by atoms with Crippen molar-refractivity contribution in [1.29, 1.82) is 0 Å². The number of hydrogen-bond donors (Lipinski definition) is 0. The molecule has 1 atom stereocenters. The van der Waals surface area contributed by atoms with E-state index in [9.17, 15) is 9.59 Å². The average Bonchev–Trinajstić information content (AvgIpc) is 2.38. The van der Waals surface area contributed by atoms with Crippen LogP contribution in [0.1, 0.15) is 23.2 Å². The molecule has 0 radical (unpaired) electrons. The summed E-state index contributed by atoms with van der Waals surface area (Å²) >= 11 is 0. The first-order chi connectivity index (χ1) is 8.19. The molecule has 3 heteroatoms. The summed E-state index contributed by atoms with van der Waals surface area (Å²) in [4.78, 5) is 23.4. The lowest BCUT2D eigenvalue weighted by molar-refractivity contribution is -0.145. The maximum Gasteiger partial charge on any atom is 0.309 e. The molecule has 0 saturated heterocycles. The molecule has 1 aromatic carbocycles. The van der Waals surface area contributed by atoms with Gasteiger partial charge in [-0.2, -0.15) is 0 Å². The molecule has 0 aliphatic carbocycles. The van der Waals surface area contributed by atoms with Gasteiger partial charge in [0.05, 0.1) is 13.0 Å². The number of methoxy groups -OCH3 is 1. The number of carbonyl (C=O) groups is 2. The van der Waals surface area contributed by atoms with Crippen LogP contribution in [0.2, 0.25) is 0 Å². The van der Waals surface area contributed by atoms with Crippen molar-refractivity contribution < 1.29 is 14.3 Å². The first-order valence-corrected chi connectivity index (χ1v) is 5.46. The van der Waals surface area contributed by atoms with Crippen molar-refractivity contribution in [3.63, 3.8) is 0 Å². The summed E-state index contributed by atoms with van der Waals surface area (Å²) in [5.74, 6) is -0.859. The van der Waals surface area contributed by atoms with Gasteiger partial charge in [-0.25, -0.2) is 0 Å². The second-order valence-electron chi connectivity index (χ2n) is 3.74. The SMILES string of the molecule is C=CCC(CC(=O)c1ccccc1)C(=O)OC. The first-order valence-electron chi connectivity index (χ1n) is 5.46. The zero-order valence-electron chi connectivity index (χ0n) is 9.89. The van der Waals surface area contributed by atoms with E-state index < -0.39 is 5.92 Å².